The van der Waals surface area contributed by atoms with E-state index >= 15 is 0 Å². The van der Waals surface area contributed by atoms with E-state index in [1.54, 1.807) is 12.5 Å². The van der Waals surface area contributed by atoms with Gasteiger partial charge in [-0.15, -0.1) is 0 Å². The standard InChI is InChI=1S/C13H22N2O/c1-4-5-11(6-10(2)3)7-13(16)12-8-14-9-15-12/h8-11H,4-7H2,1-3H3,(H,14,15). The summed E-state index contributed by atoms with van der Waals surface area (Å²) in [6, 6.07) is 0. The average Bonchev–Trinajstić information content (AvgIpc) is 2.69. The van der Waals surface area contributed by atoms with Crippen molar-refractivity contribution in [2.24, 2.45) is 11.8 Å². The first kappa shape index (κ1) is 12.9. The largest absolute Gasteiger partial charge is 0.342 e. The number of hydrogen-bond acceptors (Lipinski definition) is 2. The first-order valence-corrected chi connectivity index (χ1v) is 6.15. The van der Waals surface area contributed by atoms with Gasteiger partial charge in [0.2, 0.25) is 0 Å². The van der Waals surface area contributed by atoms with Gasteiger partial charge in [-0.3, -0.25) is 4.79 Å². The normalized spacial score (nSPS) is 13.0. The lowest BCUT2D eigenvalue weighted by molar-refractivity contribution is 0.0948. The molecule has 1 N–H and O–H groups in total. The summed E-state index contributed by atoms with van der Waals surface area (Å²) in [7, 11) is 0. The van der Waals surface area contributed by atoms with Gasteiger partial charge >= 0.3 is 0 Å². The third-order valence-electron chi connectivity index (χ3n) is 2.77. The smallest absolute Gasteiger partial charge is 0.180 e. The van der Waals surface area contributed by atoms with Crippen molar-refractivity contribution in [3.05, 3.63) is 18.2 Å². The number of H-pyrrole nitrogens is 1. The van der Waals surface area contributed by atoms with Gasteiger partial charge in [-0.1, -0.05) is 33.6 Å². The first-order chi connectivity index (χ1) is 7.63. The van der Waals surface area contributed by atoms with E-state index in [2.05, 4.69) is 30.7 Å². The number of carbonyl (C=O) groups is 1. The lowest BCUT2D eigenvalue weighted by atomic mass is 9.88. The van der Waals surface area contributed by atoms with Crippen LogP contribution in [0.15, 0.2) is 12.5 Å². The maximum absolute atomic E-state index is 11.9. The van der Waals surface area contributed by atoms with Crippen molar-refractivity contribution in [1.82, 2.24) is 9.97 Å². The second-order valence-electron chi connectivity index (χ2n) is 4.88. The van der Waals surface area contributed by atoms with E-state index in [-0.39, 0.29) is 5.78 Å². The Labute approximate surface area is 97.7 Å². The summed E-state index contributed by atoms with van der Waals surface area (Å²) in [5.74, 6) is 1.36. The van der Waals surface area contributed by atoms with Gasteiger partial charge in [0.15, 0.2) is 5.78 Å². The number of aromatic amines is 1. The highest BCUT2D eigenvalue weighted by atomic mass is 16.1. The molecule has 90 valence electrons. The fourth-order valence-corrected chi connectivity index (χ4v) is 2.16. The minimum absolute atomic E-state index is 0.191. The summed E-state index contributed by atoms with van der Waals surface area (Å²) < 4.78 is 0. The molecule has 1 heterocycles. The van der Waals surface area contributed by atoms with Crippen LogP contribution in [0.2, 0.25) is 0 Å². The van der Waals surface area contributed by atoms with E-state index in [9.17, 15) is 4.79 Å². The van der Waals surface area contributed by atoms with E-state index in [1.165, 1.54) is 0 Å². The van der Waals surface area contributed by atoms with Crippen LogP contribution in [0.4, 0.5) is 0 Å². The average molecular weight is 222 g/mol. The minimum atomic E-state index is 0.191. The molecule has 0 saturated heterocycles. The molecule has 0 amide bonds. The van der Waals surface area contributed by atoms with Crippen LogP contribution in [-0.2, 0) is 0 Å². The van der Waals surface area contributed by atoms with Crippen molar-refractivity contribution >= 4 is 5.78 Å². The topological polar surface area (TPSA) is 45.8 Å². The molecule has 0 spiro atoms. The molecule has 3 heteroatoms. The zero-order valence-corrected chi connectivity index (χ0v) is 10.5. The molecular formula is C13H22N2O. The summed E-state index contributed by atoms with van der Waals surface area (Å²) in [4.78, 5) is 18.7. The Morgan fingerprint density at radius 1 is 1.50 bits per heavy atom. The molecule has 0 aliphatic heterocycles. The fourth-order valence-electron chi connectivity index (χ4n) is 2.16. The Hall–Kier alpha value is -1.12. The van der Waals surface area contributed by atoms with E-state index < -0.39 is 0 Å². The van der Waals surface area contributed by atoms with E-state index in [0.717, 1.165) is 19.3 Å². The van der Waals surface area contributed by atoms with E-state index in [1.807, 2.05) is 0 Å². The van der Waals surface area contributed by atoms with Crippen LogP contribution >= 0.6 is 0 Å². The number of imidazole rings is 1. The Kier molecular flexibility index (Phi) is 5.23. The zero-order valence-electron chi connectivity index (χ0n) is 10.5. The molecule has 0 bridgehead atoms. The second kappa shape index (κ2) is 6.46. The molecule has 1 unspecified atom stereocenters. The molecule has 0 radical (unpaired) electrons. The predicted molar refractivity (Wildman–Crippen MR) is 65.4 cm³/mol. The second-order valence-corrected chi connectivity index (χ2v) is 4.88. The minimum Gasteiger partial charge on any atom is -0.342 e. The number of ketones is 1. The third kappa shape index (κ3) is 4.17. The molecular weight excluding hydrogens is 200 g/mol. The number of nitrogens with one attached hydrogen (secondary N) is 1. The first-order valence-electron chi connectivity index (χ1n) is 6.15. The molecule has 1 aromatic heterocycles. The van der Waals surface area contributed by atoms with Gasteiger partial charge in [0, 0.05) is 6.42 Å². The van der Waals surface area contributed by atoms with Gasteiger partial charge in [0.05, 0.1) is 12.5 Å². The molecule has 0 aliphatic carbocycles. The van der Waals surface area contributed by atoms with Crippen LogP contribution < -0.4 is 0 Å². The number of Topliss-reactive ketones (excluding diaryl/α,β-unsaturated/α-hetero) is 1. The molecule has 0 aromatic carbocycles. The highest BCUT2D eigenvalue weighted by molar-refractivity contribution is 5.94. The number of hydrogen-bond donors (Lipinski definition) is 1. The Morgan fingerprint density at radius 2 is 2.25 bits per heavy atom. The molecule has 1 aromatic rings. The molecule has 0 fully saturated rings. The Morgan fingerprint density at radius 3 is 2.75 bits per heavy atom. The van der Waals surface area contributed by atoms with E-state index in [0.29, 0.717) is 24.0 Å². The van der Waals surface area contributed by atoms with Crippen LogP contribution in [0.3, 0.4) is 0 Å². The lowest BCUT2D eigenvalue weighted by Gasteiger charge is -2.17. The number of aromatic nitrogens is 2. The molecule has 0 aliphatic rings. The van der Waals surface area contributed by atoms with Gasteiger partial charge in [0.25, 0.3) is 0 Å². The molecule has 1 rings (SSSR count). The fraction of sp³-hybridized carbons (Fsp3) is 0.692. The van der Waals surface area contributed by atoms with Crippen molar-refractivity contribution in [1.29, 1.82) is 0 Å². The van der Waals surface area contributed by atoms with Crippen LogP contribution in [0.5, 0.6) is 0 Å². The summed E-state index contributed by atoms with van der Waals surface area (Å²) in [5.41, 5.74) is 0.643. The van der Waals surface area contributed by atoms with Crippen molar-refractivity contribution in [3.63, 3.8) is 0 Å². The van der Waals surface area contributed by atoms with Gasteiger partial charge < -0.3 is 4.98 Å². The predicted octanol–water partition coefficient (Wildman–Crippen LogP) is 3.44. The molecule has 1 atom stereocenters. The Bertz CT molecular complexity index is 304. The van der Waals surface area contributed by atoms with Crippen molar-refractivity contribution in [3.8, 4) is 0 Å². The third-order valence-corrected chi connectivity index (χ3v) is 2.77. The number of nitrogens with zero attached hydrogens (tertiary/aromatic N) is 1. The summed E-state index contributed by atoms with van der Waals surface area (Å²) in [6.45, 7) is 6.60. The monoisotopic (exact) mass is 222 g/mol. The number of rotatable bonds is 7. The maximum Gasteiger partial charge on any atom is 0.180 e. The van der Waals surface area contributed by atoms with Crippen molar-refractivity contribution < 1.29 is 4.79 Å². The Balaban J connectivity index is 2.51. The van der Waals surface area contributed by atoms with Gasteiger partial charge in [-0.05, 0) is 18.3 Å². The van der Waals surface area contributed by atoms with Crippen molar-refractivity contribution in [2.75, 3.05) is 0 Å². The molecule has 3 nitrogen and oxygen atoms in total. The highest BCUT2D eigenvalue weighted by Gasteiger charge is 2.16. The van der Waals surface area contributed by atoms with Crippen LogP contribution in [0.25, 0.3) is 0 Å². The molecule has 16 heavy (non-hydrogen) atoms. The quantitative estimate of drug-likeness (QED) is 0.718. The van der Waals surface area contributed by atoms with Crippen LogP contribution in [0.1, 0.15) is 56.9 Å². The SMILES string of the molecule is CCCC(CC(=O)c1cnc[nH]1)CC(C)C. The summed E-state index contributed by atoms with van der Waals surface area (Å²) in [5, 5.41) is 0. The highest BCUT2D eigenvalue weighted by Crippen LogP contribution is 2.22. The van der Waals surface area contributed by atoms with Crippen LogP contribution in [-0.4, -0.2) is 15.8 Å². The maximum atomic E-state index is 11.9. The summed E-state index contributed by atoms with van der Waals surface area (Å²) in [6.07, 6.45) is 7.23. The molecule has 0 saturated carbocycles. The van der Waals surface area contributed by atoms with Crippen LogP contribution in [0, 0.1) is 11.8 Å². The number of carbonyl (C=O) groups excluding carboxylic acids is 1. The van der Waals surface area contributed by atoms with E-state index in [4.69, 9.17) is 0 Å². The van der Waals surface area contributed by atoms with Crippen molar-refractivity contribution in [2.45, 2.75) is 46.5 Å². The van der Waals surface area contributed by atoms with Gasteiger partial charge in [0.1, 0.15) is 5.69 Å². The van der Waals surface area contributed by atoms with Gasteiger partial charge in [-0.25, -0.2) is 4.98 Å². The zero-order chi connectivity index (χ0) is 12.0. The van der Waals surface area contributed by atoms with Gasteiger partial charge in [-0.2, -0.15) is 0 Å². The summed E-state index contributed by atoms with van der Waals surface area (Å²) >= 11 is 0. The lowest BCUT2D eigenvalue weighted by Crippen LogP contribution is -2.11.